The summed E-state index contributed by atoms with van der Waals surface area (Å²) < 4.78 is 24.7. The summed E-state index contributed by atoms with van der Waals surface area (Å²) in [4.78, 5) is 0. The van der Waals surface area contributed by atoms with Gasteiger partial charge in [-0.3, -0.25) is 0 Å². The lowest BCUT2D eigenvalue weighted by atomic mass is 9.75. The summed E-state index contributed by atoms with van der Waals surface area (Å²) in [5.41, 5.74) is 0. The zero-order chi connectivity index (χ0) is 13.9. The zero-order valence-corrected chi connectivity index (χ0v) is 13.2. The van der Waals surface area contributed by atoms with Gasteiger partial charge >= 0.3 is 0 Å². The SMILES string of the molecule is CCC1CCCC(C(NC)C2CCCCS2(=O)=O)C1. The van der Waals surface area contributed by atoms with Crippen LogP contribution in [0.3, 0.4) is 0 Å². The standard InChI is InChI=1S/C15H29NO2S/c1-3-12-7-6-8-13(11-12)15(16-2)14-9-4-5-10-19(14,17)18/h12-16H,3-11H2,1-2H3. The molecule has 0 radical (unpaired) electrons. The first-order valence-electron chi connectivity index (χ1n) is 7.97. The fraction of sp³-hybridized carbons (Fsp3) is 1.00. The Hall–Kier alpha value is -0.0900. The van der Waals surface area contributed by atoms with Gasteiger partial charge in [-0.05, 0) is 44.6 Å². The van der Waals surface area contributed by atoms with E-state index in [9.17, 15) is 8.42 Å². The van der Waals surface area contributed by atoms with Crippen LogP contribution in [0, 0.1) is 11.8 Å². The van der Waals surface area contributed by atoms with Gasteiger partial charge < -0.3 is 5.32 Å². The van der Waals surface area contributed by atoms with Gasteiger partial charge in [-0.25, -0.2) is 8.42 Å². The van der Waals surface area contributed by atoms with Gasteiger partial charge in [0, 0.05) is 6.04 Å². The highest BCUT2D eigenvalue weighted by Crippen LogP contribution is 2.36. The molecule has 2 fully saturated rings. The molecule has 0 aromatic carbocycles. The summed E-state index contributed by atoms with van der Waals surface area (Å²) >= 11 is 0. The normalized spacial score (nSPS) is 36.8. The Morgan fingerprint density at radius 1 is 1.16 bits per heavy atom. The Morgan fingerprint density at radius 3 is 2.58 bits per heavy atom. The predicted octanol–water partition coefficient (Wildman–Crippen LogP) is 2.76. The molecule has 19 heavy (non-hydrogen) atoms. The van der Waals surface area contributed by atoms with Crippen molar-refractivity contribution in [3.8, 4) is 0 Å². The number of nitrogens with one attached hydrogen (secondary N) is 1. The highest BCUT2D eigenvalue weighted by Gasteiger charge is 2.39. The number of rotatable bonds is 4. The quantitative estimate of drug-likeness (QED) is 0.865. The third kappa shape index (κ3) is 3.52. The smallest absolute Gasteiger partial charge is 0.154 e. The van der Waals surface area contributed by atoms with Gasteiger partial charge in [0.15, 0.2) is 9.84 Å². The van der Waals surface area contributed by atoms with Crippen LogP contribution in [-0.2, 0) is 9.84 Å². The largest absolute Gasteiger partial charge is 0.315 e. The van der Waals surface area contributed by atoms with E-state index >= 15 is 0 Å². The molecule has 4 unspecified atom stereocenters. The van der Waals surface area contributed by atoms with Gasteiger partial charge in [0.25, 0.3) is 0 Å². The molecule has 1 heterocycles. The van der Waals surface area contributed by atoms with Gasteiger partial charge in [0.1, 0.15) is 0 Å². The average Bonchev–Trinajstić information content (AvgIpc) is 2.41. The lowest BCUT2D eigenvalue weighted by Crippen LogP contribution is -2.50. The van der Waals surface area contributed by atoms with E-state index in [1.54, 1.807) is 0 Å². The molecule has 1 aliphatic carbocycles. The topological polar surface area (TPSA) is 46.2 Å². The van der Waals surface area contributed by atoms with E-state index in [2.05, 4.69) is 12.2 Å². The zero-order valence-electron chi connectivity index (χ0n) is 12.4. The summed E-state index contributed by atoms with van der Waals surface area (Å²) in [7, 11) is -0.922. The molecule has 2 aliphatic rings. The maximum atomic E-state index is 12.3. The first-order valence-corrected chi connectivity index (χ1v) is 9.69. The second-order valence-corrected chi connectivity index (χ2v) is 8.76. The summed E-state index contributed by atoms with van der Waals surface area (Å²) in [5, 5.41) is 3.23. The summed E-state index contributed by atoms with van der Waals surface area (Å²) in [6.07, 6.45) is 9.06. The van der Waals surface area contributed by atoms with Crippen LogP contribution in [0.5, 0.6) is 0 Å². The molecule has 1 N–H and O–H groups in total. The number of sulfone groups is 1. The Kier molecular flexibility index (Phi) is 5.29. The molecule has 112 valence electrons. The molecule has 2 rings (SSSR count). The maximum Gasteiger partial charge on any atom is 0.154 e. The van der Waals surface area contributed by atoms with E-state index in [-0.39, 0.29) is 11.3 Å². The van der Waals surface area contributed by atoms with Crippen molar-refractivity contribution in [2.24, 2.45) is 11.8 Å². The fourth-order valence-electron chi connectivity index (χ4n) is 4.14. The predicted molar refractivity (Wildman–Crippen MR) is 80.0 cm³/mol. The third-order valence-corrected chi connectivity index (χ3v) is 7.58. The Balaban J connectivity index is 2.10. The Bertz CT molecular complexity index is 380. The van der Waals surface area contributed by atoms with Crippen molar-refractivity contribution in [3.05, 3.63) is 0 Å². The molecule has 1 saturated carbocycles. The molecule has 4 heteroatoms. The molecule has 0 spiro atoms. The lowest BCUT2D eigenvalue weighted by Gasteiger charge is -2.39. The van der Waals surface area contributed by atoms with Crippen molar-refractivity contribution in [1.29, 1.82) is 0 Å². The first kappa shape index (κ1) is 15.3. The van der Waals surface area contributed by atoms with E-state index in [1.165, 1.54) is 32.1 Å². The van der Waals surface area contributed by atoms with Crippen LogP contribution in [-0.4, -0.2) is 32.5 Å². The number of hydrogen-bond donors (Lipinski definition) is 1. The van der Waals surface area contributed by atoms with Crippen LogP contribution in [0.25, 0.3) is 0 Å². The van der Waals surface area contributed by atoms with Crippen molar-refractivity contribution in [1.82, 2.24) is 5.32 Å². The van der Waals surface area contributed by atoms with E-state index in [4.69, 9.17) is 0 Å². The Morgan fingerprint density at radius 2 is 1.95 bits per heavy atom. The molecule has 0 aromatic rings. The van der Waals surface area contributed by atoms with Gasteiger partial charge in [-0.2, -0.15) is 0 Å². The molecule has 1 aliphatic heterocycles. The van der Waals surface area contributed by atoms with Gasteiger partial charge in [-0.15, -0.1) is 0 Å². The highest BCUT2D eigenvalue weighted by atomic mass is 32.2. The highest BCUT2D eigenvalue weighted by molar-refractivity contribution is 7.92. The van der Waals surface area contributed by atoms with Gasteiger partial charge in [-0.1, -0.05) is 32.6 Å². The minimum Gasteiger partial charge on any atom is -0.315 e. The fourth-order valence-corrected chi connectivity index (χ4v) is 6.38. The second-order valence-electron chi connectivity index (χ2n) is 6.42. The van der Waals surface area contributed by atoms with E-state index in [0.29, 0.717) is 11.7 Å². The van der Waals surface area contributed by atoms with Crippen molar-refractivity contribution in [2.75, 3.05) is 12.8 Å². The molecular weight excluding hydrogens is 258 g/mol. The van der Waals surface area contributed by atoms with E-state index in [1.807, 2.05) is 7.05 Å². The third-order valence-electron chi connectivity index (χ3n) is 5.27. The minimum atomic E-state index is -2.87. The van der Waals surface area contributed by atoms with Crippen LogP contribution >= 0.6 is 0 Å². The monoisotopic (exact) mass is 287 g/mol. The average molecular weight is 287 g/mol. The van der Waals surface area contributed by atoms with E-state index < -0.39 is 9.84 Å². The van der Waals surface area contributed by atoms with Crippen molar-refractivity contribution >= 4 is 9.84 Å². The summed E-state index contributed by atoms with van der Waals surface area (Å²) in [6, 6.07) is 0.180. The van der Waals surface area contributed by atoms with Gasteiger partial charge in [0.05, 0.1) is 11.0 Å². The summed E-state index contributed by atoms with van der Waals surface area (Å²) in [5.74, 6) is 1.77. The van der Waals surface area contributed by atoms with Crippen molar-refractivity contribution < 1.29 is 8.42 Å². The Labute approximate surface area is 118 Å². The molecular formula is C15H29NO2S. The molecule has 0 bridgehead atoms. The van der Waals surface area contributed by atoms with Crippen LogP contribution in [0.4, 0.5) is 0 Å². The van der Waals surface area contributed by atoms with Gasteiger partial charge in [0.2, 0.25) is 0 Å². The molecule has 4 atom stereocenters. The number of hydrogen-bond acceptors (Lipinski definition) is 3. The lowest BCUT2D eigenvalue weighted by molar-refractivity contribution is 0.205. The van der Waals surface area contributed by atoms with Crippen molar-refractivity contribution in [2.45, 2.75) is 69.6 Å². The van der Waals surface area contributed by atoms with Crippen LogP contribution in [0.2, 0.25) is 0 Å². The maximum absolute atomic E-state index is 12.3. The first-order chi connectivity index (χ1) is 9.08. The van der Waals surface area contributed by atoms with Crippen LogP contribution in [0.1, 0.15) is 58.3 Å². The summed E-state index contributed by atoms with van der Waals surface area (Å²) in [6.45, 7) is 2.26. The minimum absolute atomic E-state index is 0.133. The molecule has 0 aromatic heterocycles. The molecule has 0 amide bonds. The van der Waals surface area contributed by atoms with Crippen LogP contribution in [0.15, 0.2) is 0 Å². The van der Waals surface area contributed by atoms with Crippen molar-refractivity contribution in [3.63, 3.8) is 0 Å². The molecule has 3 nitrogen and oxygen atoms in total. The molecule has 1 saturated heterocycles. The second kappa shape index (κ2) is 6.57. The van der Waals surface area contributed by atoms with E-state index in [0.717, 1.165) is 25.2 Å². The van der Waals surface area contributed by atoms with Crippen LogP contribution < -0.4 is 5.32 Å².